The Hall–Kier alpha value is -2.04. The zero-order chi connectivity index (χ0) is 19.2. The first-order valence-corrected chi connectivity index (χ1v) is 9.97. The summed E-state index contributed by atoms with van der Waals surface area (Å²) in [4.78, 5) is 4.79. The molecule has 0 bridgehead atoms. The van der Waals surface area contributed by atoms with Gasteiger partial charge in [-0.25, -0.2) is 4.98 Å². The number of aryl methyl sites for hydroxylation is 1. The van der Waals surface area contributed by atoms with E-state index in [9.17, 15) is 5.11 Å². The van der Waals surface area contributed by atoms with Crippen molar-refractivity contribution in [1.29, 1.82) is 0 Å². The molecule has 2 aromatic carbocycles. The second kappa shape index (κ2) is 10.5. The first-order valence-electron chi connectivity index (χ1n) is 9.97. The molecule has 28 heavy (non-hydrogen) atoms. The largest absolute Gasteiger partial charge is 0.491 e. The van der Waals surface area contributed by atoms with Gasteiger partial charge in [0.15, 0.2) is 0 Å². The predicted octanol–water partition coefficient (Wildman–Crippen LogP) is 5.36. The van der Waals surface area contributed by atoms with Crippen LogP contribution in [-0.4, -0.2) is 27.4 Å². The van der Waals surface area contributed by atoms with E-state index < -0.39 is 6.10 Å². The Morgan fingerprint density at radius 3 is 2.46 bits per heavy atom. The van der Waals surface area contributed by atoms with E-state index in [2.05, 4.69) is 43.5 Å². The third-order valence-electron chi connectivity index (χ3n) is 5.03. The summed E-state index contributed by atoms with van der Waals surface area (Å²) in [5.41, 5.74) is 3.36. The van der Waals surface area contributed by atoms with Crippen molar-refractivity contribution in [3.05, 3.63) is 59.9 Å². The minimum Gasteiger partial charge on any atom is -0.491 e. The zero-order valence-corrected chi connectivity index (χ0v) is 17.8. The van der Waals surface area contributed by atoms with E-state index in [1.54, 1.807) is 0 Å². The Bertz CT molecular complexity index is 861. The van der Waals surface area contributed by atoms with Crippen LogP contribution in [0.3, 0.4) is 0 Å². The van der Waals surface area contributed by atoms with E-state index >= 15 is 0 Å². The molecule has 1 heterocycles. The highest BCUT2D eigenvalue weighted by Gasteiger charge is 2.18. The Labute approximate surface area is 174 Å². The lowest BCUT2D eigenvalue weighted by Gasteiger charge is -2.18. The highest BCUT2D eigenvalue weighted by atomic mass is 35.5. The molecule has 4 nitrogen and oxygen atoms in total. The number of aromatic nitrogens is 2. The summed E-state index contributed by atoms with van der Waals surface area (Å²) >= 11 is 0. The molecule has 0 saturated heterocycles. The Balaban J connectivity index is 0.00000280. The summed E-state index contributed by atoms with van der Waals surface area (Å²) in [7, 11) is 0. The van der Waals surface area contributed by atoms with Crippen LogP contribution in [0.15, 0.2) is 48.5 Å². The van der Waals surface area contributed by atoms with E-state index in [4.69, 9.17) is 9.72 Å². The average molecular weight is 403 g/mol. The van der Waals surface area contributed by atoms with Crippen molar-refractivity contribution in [2.24, 2.45) is 0 Å². The molecule has 2 unspecified atom stereocenters. The molecule has 0 aliphatic rings. The van der Waals surface area contributed by atoms with E-state index in [-0.39, 0.29) is 19.0 Å². The maximum atomic E-state index is 10.6. The van der Waals surface area contributed by atoms with Crippen LogP contribution in [0.25, 0.3) is 11.0 Å². The molecule has 1 aromatic heterocycles. The number of ether oxygens (including phenoxy) is 1. The van der Waals surface area contributed by atoms with Gasteiger partial charge in [0, 0.05) is 5.92 Å². The molecule has 0 aliphatic carbocycles. The number of halogens is 1. The second-order valence-electron chi connectivity index (χ2n) is 7.24. The van der Waals surface area contributed by atoms with Gasteiger partial charge in [-0.3, -0.25) is 0 Å². The molecular weight excluding hydrogens is 372 g/mol. The van der Waals surface area contributed by atoms with Gasteiger partial charge in [-0.05, 0) is 42.7 Å². The molecule has 0 aliphatic heterocycles. The number of nitrogens with zero attached hydrogens (tertiary/aromatic N) is 2. The van der Waals surface area contributed by atoms with Gasteiger partial charge in [0.05, 0.1) is 17.6 Å². The zero-order valence-electron chi connectivity index (χ0n) is 17.0. The molecule has 3 rings (SSSR count). The van der Waals surface area contributed by atoms with Gasteiger partial charge in [0.2, 0.25) is 0 Å². The van der Waals surface area contributed by atoms with E-state index in [1.165, 1.54) is 5.56 Å². The van der Waals surface area contributed by atoms with Gasteiger partial charge in [-0.15, -0.1) is 12.4 Å². The van der Waals surface area contributed by atoms with Crippen LogP contribution in [-0.2, 0) is 13.0 Å². The van der Waals surface area contributed by atoms with Crippen molar-refractivity contribution in [1.82, 2.24) is 9.55 Å². The Kier molecular flexibility index (Phi) is 8.34. The van der Waals surface area contributed by atoms with Crippen molar-refractivity contribution in [3.63, 3.8) is 0 Å². The lowest BCUT2D eigenvalue weighted by Crippen LogP contribution is -2.25. The fourth-order valence-electron chi connectivity index (χ4n) is 3.34. The van der Waals surface area contributed by atoms with Crippen LogP contribution < -0.4 is 4.74 Å². The summed E-state index contributed by atoms with van der Waals surface area (Å²) in [5.74, 6) is 2.17. The van der Waals surface area contributed by atoms with Gasteiger partial charge < -0.3 is 14.4 Å². The number of fused-ring (bicyclic) bond motifs is 1. The molecular formula is C23H31ClN2O2. The molecule has 152 valence electrons. The topological polar surface area (TPSA) is 47.3 Å². The quantitative estimate of drug-likeness (QED) is 0.523. The lowest BCUT2D eigenvalue weighted by molar-refractivity contribution is 0.0924. The highest BCUT2D eigenvalue weighted by Crippen LogP contribution is 2.24. The standard InChI is InChI=1S/C23H30N2O2.ClH/c1-4-8-18-11-13-20(14-12-18)27-16-19(26)15-25-22-10-7-6-9-21(22)24-23(25)17(3)5-2;/h6-7,9-14,17,19,26H,4-5,8,15-16H2,1-3H3;1H. The fourth-order valence-corrected chi connectivity index (χ4v) is 3.34. The highest BCUT2D eigenvalue weighted by molar-refractivity contribution is 5.85. The molecule has 0 saturated carbocycles. The predicted molar refractivity (Wildman–Crippen MR) is 118 cm³/mol. The summed E-state index contributed by atoms with van der Waals surface area (Å²) in [6.07, 6.45) is 2.63. The maximum absolute atomic E-state index is 10.6. The van der Waals surface area contributed by atoms with E-state index in [1.807, 2.05) is 30.3 Å². The number of para-hydroxylation sites is 2. The van der Waals surface area contributed by atoms with Crippen LogP contribution in [0.1, 0.15) is 50.9 Å². The molecule has 0 spiro atoms. The summed E-state index contributed by atoms with van der Waals surface area (Å²) in [5, 5.41) is 10.6. The lowest BCUT2D eigenvalue weighted by atomic mass is 10.1. The molecule has 0 fully saturated rings. The number of rotatable bonds is 9. The average Bonchev–Trinajstić information content (AvgIpc) is 3.05. The number of hydrogen-bond donors (Lipinski definition) is 1. The summed E-state index contributed by atoms with van der Waals surface area (Å²) in [6, 6.07) is 16.3. The number of aliphatic hydroxyl groups excluding tert-OH is 1. The first kappa shape index (κ1) is 22.3. The van der Waals surface area contributed by atoms with Crippen molar-refractivity contribution < 1.29 is 9.84 Å². The number of aliphatic hydroxyl groups is 1. The monoisotopic (exact) mass is 402 g/mol. The van der Waals surface area contributed by atoms with Crippen LogP contribution >= 0.6 is 12.4 Å². The van der Waals surface area contributed by atoms with Crippen molar-refractivity contribution in [2.45, 2.75) is 58.6 Å². The third-order valence-corrected chi connectivity index (χ3v) is 5.03. The smallest absolute Gasteiger partial charge is 0.119 e. The molecule has 0 radical (unpaired) electrons. The van der Waals surface area contributed by atoms with Crippen LogP contribution in [0.4, 0.5) is 0 Å². The van der Waals surface area contributed by atoms with E-state index in [0.717, 1.165) is 41.9 Å². The summed E-state index contributed by atoms with van der Waals surface area (Å²) < 4.78 is 7.95. The number of imidazole rings is 1. The molecule has 0 amide bonds. The molecule has 5 heteroatoms. The third kappa shape index (κ3) is 5.27. The van der Waals surface area contributed by atoms with Crippen molar-refractivity contribution >= 4 is 23.4 Å². The van der Waals surface area contributed by atoms with Crippen LogP contribution in [0, 0.1) is 0 Å². The summed E-state index contributed by atoms with van der Waals surface area (Å²) in [6.45, 7) is 7.26. The van der Waals surface area contributed by atoms with Crippen LogP contribution in [0.5, 0.6) is 5.75 Å². The Morgan fingerprint density at radius 1 is 1.07 bits per heavy atom. The SMILES string of the molecule is CCCc1ccc(OCC(O)Cn2c(C(C)CC)nc3ccccc32)cc1.Cl. The van der Waals surface area contributed by atoms with Gasteiger partial charge in [-0.2, -0.15) is 0 Å². The number of hydrogen-bond acceptors (Lipinski definition) is 3. The minimum absolute atomic E-state index is 0. The molecule has 3 aromatic rings. The Morgan fingerprint density at radius 2 is 1.79 bits per heavy atom. The van der Waals surface area contributed by atoms with Gasteiger partial charge in [0.25, 0.3) is 0 Å². The maximum Gasteiger partial charge on any atom is 0.119 e. The van der Waals surface area contributed by atoms with Crippen molar-refractivity contribution in [2.75, 3.05) is 6.61 Å². The van der Waals surface area contributed by atoms with E-state index in [0.29, 0.717) is 12.5 Å². The van der Waals surface area contributed by atoms with Gasteiger partial charge >= 0.3 is 0 Å². The normalized spacial score (nSPS) is 13.1. The minimum atomic E-state index is -0.597. The van der Waals surface area contributed by atoms with Crippen molar-refractivity contribution in [3.8, 4) is 5.75 Å². The molecule has 2 atom stereocenters. The van der Waals surface area contributed by atoms with Crippen LogP contribution in [0.2, 0.25) is 0 Å². The van der Waals surface area contributed by atoms with Gasteiger partial charge in [-0.1, -0.05) is 51.5 Å². The fraction of sp³-hybridized carbons (Fsp3) is 0.435. The molecule has 1 N–H and O–H groups in total. The second-order valence-corrected chi connectivity index (χ2v) is 7.24. The number of benzene rings is 2. The first-order chi connectivity index (χ1) is 13.1. The van der Waals surface area contributed by atoms with Gasteiger partial charge in [0.1, 0.15) is 24.3 Å².